The van der Waals surface area contributed by atoms with Crippen LogP contribution in [0.25, 0.3) is 0 Å². The normalized spacial score (nSPS) is 33.6. The van der Waals surface area contributed by atoms with Crippen molar-refractivity contribution in [1.29, 1.82) is 0 Å². The molecule has 2 atom stereocenters. The summed E-state index contributed by atoms with van der Waals surface area (Å²) in [6.07, 6.45) is 0.722. The lowest BCUT2D eigenvalue weighted by Gasteiger charge is -2.59. The monoisotopic (exact) mass is 409 g/mol. The fourth-order valence-corrected chi connectivity index (χ4v) is 5.96. The highest BCUT2D eigenvalue weighted by molar-refractivity contribution is 5.87. The third kappa shape index (κ3) is 3.30. The van der Waals surface area contributed by atoms with Crippen molar-refractivity contribution < 1.29 is 22.8 Å². The number of rotatable bonds is 4. The van der Waals surface area contributed by atoms with Gasteiger partial charge in [0.15, 0.2) is 0 Å². The number of hydrogen-bond donors (Lipinski definition) is 2. The Balaban J connectivity index is 1.53. The summed E-state index contributed by atoms with van der Waals surface area (Å²) in [4.78, 5) is 29.2. The lowest BCUT2D eigenvalue weighted by molar-refractivity contribution is -0.148. The van der Waals surface area contributed by atoms with E-state index < -0.39 is 22.6 Å². The fraction of sp³-hybridized carbons (Fsp3) is 0.667. The van der Waals surface area contributed by atoms with E-state index in [1.807, 2.05) is 0 Å². The molecule has 4 aliphatic rings. The van der Waals surface area contributed by atoms with Crippen LogP contribution in [-0.2, 0) is 21.2 Å². The van der Waals surface area contributed by atoms with Gasteiger partial charge in [0.1, 0.15) is 0 Å². The van der Waals surface area contributed by atoms with Gasteiger partial charge in [0.25, 0.3) is 0 Å². The molecule has 0 aromatic carbocycles. The highest BCUT2D eigenvalue weighted by Crippen LogP contribution is 2.60. The Hall–Kier alpha value is -2.12. The number of amides is 2. The van der Waals surface area contributed by atoms with Crippen LogP contribution >= 0.6 is 0 Å². The second-order valence-electron chi connectivity index (χ2n) is 9.67. The zero-order valence-electron chi connectivity index (χ0n) is 16.6. The second-order valence-corrected chi connectivity index (χ2v) is 9.67. The van der Waals surface area contributed by atoms with E-state index in [-0.39, 0.29) is 35.4 Å². The first-order valence-corrected chi connectivity index (χ1v) is 10.1. The zero-order chi connectivity index (χ0) is 21.2. The summed E-state index contributed by atoms with van der Waals surface area (Å²) in [7, 11) is 0. The summed E-state index contributed by atoms with van der Waals surface area (Å²) in [6.45, 7) is 3.18. The van der Waals surface area contributed by atoms with Gasteiger partial charge in [0.2, 0.25) is 11.8 Å². The van der Waals surface area contributed by atoms with Crippen molar-refractivity contribution in [2.75, 3.05) is 0 Å². The molecule has 4 bridgehead atoms. The molecule has 1 heterocycles. The molecule has 2 amide bonds. The van der Waals surface area contributed by atoms with Crippen molar-refractivity contribution in [3.63, 3.8) is 0 Å². The Morgan fingerprint density at radius 1 is 1.17 bits per heavy atom. The summed E-state index contributed by atoms with van der Waals surface area (Å²) >= 11 is 0. The minimum absolute atomic E-state index is 0.0726. The standard InChI is InChI=1S/C21H26F3N3O2/c1-19(2,15-7-14(3-4-26-15)21(22,23)24)18(29)27-16-12-5-11-6-13(16)10-20(8-11,9-12)17(25)28/h3-4,7,11-13,16H,5-6,8-10H2,1-2H3,(H2,25,28)(H,27,29). The number of nitrogens with zero attached hydrogens (tertiary/aromatic N) is 1. The maximum absolute atomic E-state index is 13.1. The number of carbonyl (C=O) groups is 2. The number of primary amides is 1. The first kappa shape index (κ1) is 20.2. The van der Waals surface area contributed by atoms with Crippen LogP contribution in [0, 0.1) is 23.2 Å². The number of carbonyl (C=O) groups excluding carboxylic acids is 2. The molecule has 4 aliphatic carbocycles. The average molecular weight is 409 g/mol. The molecule has 1 aromatic rings. The molecule has 2 unspecified atom stereocenters. The van der Waals surface area contributed by atoms with Crippen LogP contribution in [0.1, 0.15) is 57.2 Å². The number of nitrogens with one attached hydrogen (secondary N) is 1. The molecule has 29 heavy (non-hydrogen) atoms. The van der Waals surface area contributed by atoms with Gasteiger partial charge in [0, 0.05) is 17.7 Å². The van der Waals surface area contributed by atoms with Gasteiger partial charge >= 0.3 is 6.18 Å². The van der Waals surface area contributed by atoms with Crippen molar-refractivity contribution in [2.24, 2.45) is 28.9 Å². The molecule has 5 rings (SSSR count). The predicted molar refractivity (Wildman–Crippen MR) is 99.4 cm³/mol. The number of nitrogens with two attached hydrogens (primary N) is 1. The molecule has 0 saturated heterocycles. The van der Waals surface area contributed by atoms with E-state index in [1.54, 1.807) is 13.8 Å². The zero-order valence-corrected chi connectivity index (χ0v) is 16.6. The van der Waals surface area contributed by atoms with Gasteiger partial charge < -0.3 is 11.1 Å². The van der Waals surface area contributed by atoms with E-state index in [9.17, 15) is 22.8 Å². The van der Waals surface area contributed by atoms with Crippen molar-refractivity contribution in [3.05, 3.63) is 29.6 Å². The van der Waals surface area contributed by atoms with Crippen LogP contribution < -0.4 is 11.1 Å². The van der Waals surface area contributed by atoms with Gasteiger partial charge in [-0.25, -0.2) is 0 Å². The highest BCUT2D eigenvalue weighted by atomic mass is 19.4. The number of aromatic nitrogens is 1. The molecule has 5 nitrogen and oxygen atoms in total. The van der Waals surface area contributed by atoms with Gasteiger partial charge in [-0.3, -0.25) is 14.6 Å². The van der Waals surface area contributed by atoms with Crippen molar-refractivity contribution in [3.8, 4) is 0 Å². The SMILES string of the molecule is CC(C)(C(=O)NC1C2CC3CC1CC(C(N)=O)(C3)C2)c1cc(C(F)(F)F)ccn1. The summed E-state index contributed by atoms with van der Waals surface area (Å²) < 4.78 is 39.2. The molecule has 158 valence electrons. The fourth-order valence-electron chi connectivity index (χ4n) is 5.96. The molecule has 0 radical (unpaired) electrons. The van der Waals surface area contributed by atoms with Gasteiger partial charge in [-0.15, -0.1) is 0 Å². The number of pyridine rings is 1. The number of alkyl halides is 3. The molecule has 8 heteroatoms. The largest absolute Gasteiger partial charge is 0.416 e. The summed E-state index contributed by atoms with van der Waals surface area (Å²) in [5.74, 6) is 0.252. The molecule has 3 N–H and O–H groups in total. The van der Waals surface area contributed by atoms with E-state index in [1.165, 1.54) is 0 Å². The van der Waals surface area contributed by atoms with Gasteiger partial charge in [-0.1, -0.05) is 0 Å². The third-order valence-corrected chi connectivity index (χ3v) is 7.39. The molecule has 4 saturated carbocycles. The smallest absolute Gasteiger partial charge is 0.369 e. The van der Waals surface area contributed by atoms with Gasteiger partial charge in [-0.2, -0.15) is 13.2 Å². The Kier molecular flexibility index (Phi) is 4.48. The van der Waals surface area contributed by atoms with Crippen LogP contribution in [0.3, 0.4) is 0 Å². The highest BCUT2D eigenvalue weighted by Gasteiger charge is 2.58. The van der Waals surface area contributed by atoms with Crippen molar-refractivity contribution in [2.45, 2.75) is 63.6 Å². The number of hydrogen-bond acceptors (Lipinski definition) is 3. The summed E-state index contributed by atoms with van der Waals surface area (Å²) in [5, 5.41) is 3.10. The van der Waals surface area contributed by atoms with Gasteiger partial charge in [-0.05, 0) is 75.8 Å². The first-order chi connectivity index (χ1) is 13.4. The molecule has 0 aliphatic heterocycles. The van der Waals surface area contributed by atoms with Crippen LogP contribution in [0.4, 0.5) is 13.2 Å². The maximum Gasteiger partial charge on any atom is 0.416 e. The van der Waals surface area contributed by atoms with E-state index >= 15 is 0 Å². The number of halogens is 3. The van der Waals surface area contributed by atoms with E-state index in [0.717, 1.165) is 37.6 Å². The summed E-state index contributed by atoms with van der Waals surface area (Å²) in [6, 6.07) is 1.77. The van der Waals surface area contributed by atoms with Crippen LogP contribution in [0.15, 0.2) is 18.3 Å². The van der Waals surface area contributed by atoms with Crippen molar-refractivity contribution in [1.82, 2.24) is 10.3 Å². The minimum atomic E-state index is -4.49. The first-order valence-electron chi connectivity index (χ1n) is 10.1. The topological polar surface area (TPSA) is 85.1 Å². The van der Waals surface area contributed by atoms with Crippen molar-refractivity contribution >= 4 is 11.8 Å². The average Bonchev–Trinajstić information content (AvgIpc) is 2.63. The van der Waals surface area contributed by atoms with Crippen LogP contribution in [0.5, 0.6) is 0 Å². The van der Waals surface area contributed by atoms with E-state index in [0.29, 0.717) is 18.8 Å². The summed E-state index contributed by atoms with van der Waals surface area (Å²) in [5.41, 5.74) is 3.31. The third-order valence-electron chi connectivity index (χ3n) is 7.39. The Morgan fingerprint density at radius 2 is 1.79 bits per heavy atom. The lowest BCUT2D eigenvalue weighted by atomic mass is 9.47. The van der Waals surface area contributed by atoms with Gasteiger partial charge in [0.05, 0.1) is 16.7 Å². The van der Waals surface area contributed by atoms with Crippen LogP contribution in [-0.4, -0.2) is 22.8 Å². The maximum atomic E-state index is 13.1. The quantitative estimate of drug-likeness (QED) is 0.801. The second kappa shape index (κ2) is 6.44. The van der Waals surface area contributed by atoms with Crippen LogP contribution in [0.2, 0.25) is 0 Å². The molecular formula is C21H26F3N3O2. The molecular weight excluding hydrogens is 383 g/mol. The molecule has 0 spiro atoms. The minimum Gasteiger partial charge on any atom is -0.369 e. The molecule has 4 fully saturated rings. The lowest BCUT2D eigenvalue weighted by Crippen LogP contribution is -2.63. The Morgan fingerprint density at radius 3 is 2.34 bits per heavy atom. The Labute approximate surface area is 167 Å². The Bertz CT molecular complexity index is 836. The predicted octanol–water partition coefficient (Wildman–Crippen LogP) is 3.17. The van der Waals surface area contributed by atoms with E-state index in [4.69, 9.17) is 5.73 Å². The molecule has 1 aromatic heterocycles. The van der Waals surface area contributed by atoms with E-state index in [2.05, 4.69) is 10.3 Å².